The maximum absolute atomic E-state index is 5.44. The van der Waals surface area contributed by atoms with E-state index in [0.29, 0.717) is 6.04 Å². The molecule has 0 unspecified atom stereocenters. The van der Waals surface area contributed by atoms with Crippen LogP contribution in [0.4, 0.5) is 0 Å². The molecule has 42 valence electrons. The van der Waals surface area contributed by atoms with E-state index in [1.54, 1.807) is 0 Å². The summed E-state index contributed by atoms with van der Waals surface area (Å²) in [7, 11) is 10.9. The van der Waals surface area contributed by atoms with Crippen LogP contribution in [0.3, 0.4) is 0 Å². The Morgan fingerprint density at radius 2 is 1.86 bits per heavy atom. The zero-order valence-electron chi connectivity index (χ0n) is 4.28. The van der Waals surface area contributed by atoms with E-state index < -0.39 is 15.6 Å². The van der Waals surface area contributed by atoms with Gasteiger partial charge in [0.15, 0.2) is 0 Å². The fourth-order valence-corrected chi connectivity index (χ4v) is 2.41. The quantitative estimate of drug-likeness (QED) is 0.544. The fraction of sp³-hybridized carbons (Fsp3) is 1.00. The van der Waals surface area contributed by atoms with Gasteiger partial charge in [-0.25, -0.2) is 0 Å². The van der Waals surface area contributed by atoms with Gasteiger partial charge < -0.3 is 0 Å². The Labute approximate surface area is 57.5 Å². The molecule has 1 nitrogen and oxygen atoms in total. The predicted molar refractivity (Wildman–Crippen MR) is 29.3 cm³/mol. The Morgan fingerprint density at radius 3 is 1.86 bits per heavy atom. The molecule has 0 bridgehead atoms. The summed E-state index contributed by atoms with van der Waals surface area (Å²) >= 11 is -1.88. The summed E-state index contributed by atoms with van der Waals surface area (Å²) in [5.74, 6) is 0. The number of hydrogen-bond donors (Lipinski definition) is 0. The third-order valence-corrected chi connectivity index (χ3v) is 2.27. The summed E-state index contributed by atoms with van der Waals surface area (Å²) in [4.78, 5) is 0. The van der Waals surface area contributed by atoms with Crippen LogP contribution >= 0.6 is 18.6 Å². The molecule has 0 N–H and O–H groups in total. The van der Waals surface area contributed by atoms with Crippen molar-refractivity contribution in [1.82, 2.24) is 0 Å². The molecule has 0 aliphatic rings. The number of rotatable bonds is 1. The molecule has 7 heavy (non-hydrogen) atoms. The van der Waals surface area contributed by atoms with Gasteiger partial charge in [-0.05, 0) is 0 Å². The van der Waals surface area contributed by atoms with Crippen molar-refractivity contribution in [2.24, 2.45) is 3.42 Å². The van der Waals surface area contributed by atoms with Crippen molar-refractivity contribution in [2.45, 2.75) is 19.9 Å². The van der Waals surface area contributed by atoms with Gasteiger partial charge in [0.25, 0.3) is 0 Å². The van der Waals surface area contributed by atoms with Gasteiger partial charge >= 0.3 is 57.5 Å². The first-order chi connectivity index (χ1) is 3.13. The molecule has 0 aromatic heterocycles. The Kier molecular flexibility index (Phi) is 4.65. The number of hydrogen-bond acceptors (Lipinski definition) is 1. The summed E-state index contributed by atoms with van der Waals surface area (Å²) in [6.07, 6.45) is 0. The minimum absolute atomic E-state index is 0.310. The molecule has 0 aromatic rings. The summed E-state index contributed by atoms with van der Waals surface area (Å²) in [5.41, 5.74) is 0. The topological polar surface area (TPSA) is 12.4 Å². The number of nitrogens with zero attached hydrogens (tertiary/aromatic N) is 1. The fourth-order valence-electron chi connectivity index (χ4n) is 0.195. The standard InChI is InChI=1S/C3H7N.2ClH.Ti/c1-3(2)4;;;/h3H,1-2H3;2*1H;/q;;;+2/p-2. The monoisotopic (exact) mass is 175 g/mol. The van der Waals surface area contributed by atoms with E-state index in [-0.39, 0.29) is 0 Å². The van der Waals surface area contributed by atoms with Crippen molar-refractivity contribution in [2.75, 3.05) is 0 Å². The third-order valence-electron chi connectivity index (χ3n) is 0.356. The van der Waals surface area contributed by atoms with Crippen molar-refractivity contribution in [3.05, 3.63) is 0 Å². The first kappa shape index (κ1) is 8.09. The molecular weight excluding hydrogens is 169 g/mol. The minimum atomic E-state index is -1.88. The van der Waals surface area contributed by atoms with Crippen LogP contribution in [-0.4, -0.2) is 6.04 Å². The van der Waals surface area contributed by atoms with Gasteiger partial charge in [0.05, 0.1) is 0 Å². The zero-order valence-corrected chi connectivity index (χ0v) is 7.35. The van der Waals surface area contributed by atoms with Gasteiger partial charge in [0, 0.05) is 0 Å². The summed E-state index contributed by atoms with van der Waals surface area (Å²) < 4.78 is 3.98. The van der Waals surface area contributed by atoms with Crippen molar-refractivity contribution in [3.63, 3.8) is 0 Å². The van der Waals surface area contributed by atoms with E-state index in [9.17, 15) is 0 Å². The molecule has 0 saturated carbocycles. The summed E-state index contributed by atoms with van der Waals surface area (Å²) in [6, 6.07) is 0.310. The molecule has 0 fully saturated rings. The second-order valence-electron chi connectivity index (χ2n) is 1.46. The SMILES string of the molecule is CC(C)[N]=[Ti]([Cl])[Cl]. The molecule has 0 atom stereocenters. The van der Waals surface area contributed by atoms with Gasteiger partial charge in [0.2, 0.25) is 0 Å². The Balaban J connectivity index is 3.45. The van der Waals surface area contributed by atoms with Crippen LogP contribution in [0.1, 0.15) is 13.8 Å². The number of halogens is 2. The molecule has 0 aromatic carbocycles. The van der Waals surface area contributed by atoms with Gasteiger partial charge in [-0.3, -0.25) is 0 Å². The summed E-state index contributed by atoms with van der Waals surface area (Å²) in [5, 5.41) is 0. The second-order valence-corrected chi connectivity index (χ2v) is 6.37. The average molecular weight is 176 g/mol. The second kappa shape index (κ2) is 4.02. The van der Waals surface area contributed by atoms with Crippen molar-refractivity contribution >= 4 is 18.6 Å². The van der Waals surface area contributed by atoms with E-state index in [2.05, 4.69) is 3.42 Å². The molecule has 4 heteroatoms. The molecule has 0 heterocycles. The third kappa shape index (κ3) is 7.09. The van der Waals surface area contributed by atoms with Crippen molar-refractivity contribution in [1.29, 1.82) is 0 Å². The molecule has 0 rings (SSSR count). The molecule has 0 saturated heterocycles. The van der Waals surface area contributed by atoms with E-state index in [1.165, 1.54) is 0 Å². The molecule has 0 spiro atoms. The Hall–Kier alpha value is 1.09. The molecule has 0 radical (unpaired) electrons. The van der Waals surface area contributed by atoms with Gasteiger partial charge in [-0.15, -0.1) is 0 Å². The van der Waals surface area contributed by atoms with E-state index in [1.807, 2.05) is 13.8 Å². The van der Waals surface area contributed by atoms with E-state index in [0.717, 1.165) is 0 Å². The Bertz CT molecular complexity index is 77.0. The Morgan fingerprint density at radius 1 is 1.43 bits per heavy atom. The predicted octanol–water partition coefficient (Wildman–Crippen LogP) is 2.50. The first-order valence-corrected chi connectivity index (χ1v) is 7.01. The van der Waals surface area contributed by atoms with E-state index in [4.69, 9.17) is 18.6 Å². The van der Waals surface area contributed by atoms with Crippen molar-refractivity contribution < 1.29 is 15.6 Å². The van der Waals surface area contributed by atoms with Crippen LogP contribution in [0, 0.1) is 0 Å². The molecule has 0 aliphatic carbocycles. The van der Waals surface area contributed by atoms with Crippen LogP contribution in [0.15, 0.2) is 3.42 Å². The van der Waals surface area contributed by atoms with Crippen LogP contribution in [0.25, 0.3) is 0 Å². The molecule has 0 amide bonds. The van der Waals surface area contributed by atoms with Crippen LogP contribution in [0.5, 0.6) is 0 Å². The van der Waals surface area contributed by atoms with Crippen LogP contribution < -0.4 is 0 Å². The van der Waals surface area contributed by atoms with Crippen LogP contribution in [0.2, 0.25) is 0 Å². The van der Waals surface area contributed by atoms with Gasteiger partial charge in [0.1, 0.15) is 0 Å². The molecule has 0 aliphatic heterocycles. The average Bonchev–Trinajstić information content (AvgIpc) is 1.27. The summed E-state index contributed by atoms with van der Waals surface area (Å²) in [6.45, 7) is 3.94. The van der Waals surface area contributed by atoms with E-state index >= 15 is 0 Å². The van der Waals surface area contributed by atoms with Gasteiger partial charge in [-0.1, -0.05) is 0 Å². The maximum atomic E-state index is 5.44. The zero-order chi connectivity index (χ0) is 5.86. The molecular formula is C3H7Cl2NTi. The van der Waals surface area contributed by atoms with Gasteiger partial charge in [-0.2, -0.15) is 0 Å². The normalized spacial score (nSPS) is 9.29. The van der Waals surface area contributed by atoms with Crippen LogP contribution in [-0.2, 0) is 15.6 Å². The van der Waals surface area contributed by atoms with Crippen molar-refractivity contribution in [3.8, 4) is 0 Å². The first-order valence-electron chi connectivity index (χ1n) is 2.01.